The van der Waals surface area contributed by atoms with Gasteiger partial charge >= 0.3 is 0 Å². The SMILES string of the molecule is Cc1ccc(-c2cn(CC3CCCN(C)C3)nn2)cc1C(=O)Nc1ccccc1. The van der Waals surface area contributed by atoms with E-state index in [2.05, 4.69) is 27.6 Å². The molecule has 1 N–H and O–H groups in total. The van der Waals surface area contributed by atoms with E-state index in [4.69, 9.17) is 0 Å². The molecule has 0 aliphatic carbocycles. The van der Waals surface area contributed by atoms with E-state index >= 15 is 0 Å². The van der Waals surface area contributed by atoms with E-state index in [9.17, 15) is 4.79 Å². The number of rotatable bonds is 5. The van der Waals surface area contributed by atoms with Gasteiger partial charge in [-0.3, -0.25) is 9.48 Å². The number of aryl methyl sites for hydroxylation is 1. The topological polar surface area (TPSA) is 63.1 Å². The zero-order chi connectivity index (χ0) is 20.2. The van der Waals surface area contributed by atoms with Crippen molar-refractivity contribution in [3.63, 3.8) is 0 Å². The van der Waals surface area contributed by atoms with Crippen molar-refractivity contribution in [3.8, 4) is 11.3 Å². The lowest BCUT2D eigenvalue weighted by atomic mass is 9.98. The molecule has 0 saturated carbocycles. The molecule has 0 spiro atoms. The van der Waals surface area contributed by atoms with Crippen LogP contribution in [0, 0.1) is 12.8 Å². The first-order valence-corrected chi connectivity index (χ1v) is 10.1. The largest absolute Gasteiger partial charge is 0.322 e. The van der Waals surface area contributed by atoms with Gasteiger partial charge in [-0.1, -0.05) is 35.5 Å². The number of nitrogens with zero attached hydrogens (tertiary/aromatic N) is 4. The fraction of sp³-hybridized carbons (Fsp3) is 0.348. The molecule has 6 heteroatoms. The van der Waals surface area contributed by atoms with Crippen molar-refractivity contribution < 1.29 is 4.79 Å². The van der Waals surface area contributed by atoms with Gasteiger partial charge in [-0.15, -0.1) is 5.10 Å². The van der Waals surface area contributed by atoms with Crippen LogP contribution in [0.1, 0.15) is 28.8 Å². The Bertz CT molecular complexity index is 982. The monoisotopic (exact) mass is 389 g/mol. The summed E-state index contributed by atoms with van der Waals surface area (Å²) in [6, 6.07) is 15.4. The fourth-order valence-electron chi connectivity index (χ4n) is 3.95. The molecule has 1 aliphatic rings. The number of aromatic nitrogens is 3. The summed E-state index contributed by atoms with van der Waals surface area (Å²) in [5.74, 6) is 0.488. The molecule has 1 saturated heterocycles. The highest BCUT2D eigenvalue weighted by atomic mass is 16.1. The van der Waals surface area contributed by atoms with Gasteiger partial charge in [-0.2, -0.15) is 0 Å². The number of amides is 1. The molecule has 29 heavy (non-hydrogen) atoms. The Morgan fingerprint density at radius 3 is 2.83 bits per heavy atom. The maximum atomic E-state index is 12.8. The summed E-state index contributed by atoms with van der Waals surface area (Å²) in [6.45, 7) is 5.10. The second-order valence-corrected chi connectivity index (χ2v) is 7.95. The van der Waals surface area contributed by atoms with Gasteiger partial charge in [-0.25, -0.2) is 0 Å². The average Bonchev–Trinajstić information content (AvgIpc) is 3.17. The minimum Gasteiger partial charge on any atom is -0.322 e. The van der Waals surface area contributed by atoms with E-state index in [0.717, 1.165) is 35.6 Å². The maximum absolute atomic E-state index is 12.8. The van der Waals surface area contributed by atoms with E-state index in [1.54, 1.807) is 0 Å². The van der Waals surface area contributed by atoms with Crippen molar-refractivity contribution in [3.05, 3.63) is 65.9 Å². The Morgan fingerprint density at radius 2 is 2.03 bits per heavy atom. The van der Waals surface area contributed by atoms with Crippen molar-refractivity contribution in [2.75, 3.05) is 25.5 Å². The van der Waals surface area contributed by atoms with E-state index in [1.807, 2.05) is 66.3 Å². The zero-order valence-electron chi connectivity index (χ0n) is 17.0. The molecule has 0 radical (unpaired) electrons. The second kappa shape index (κ2) is 8.57. The molecular formula is C23H27N5O. The van der Waals surface area contributed by atoms with Gasteiger partial charge in [-0.05, 0) is 63.0 Å². The van der Waals surface area contributed by atoms with E-state index in [0.29, 0.717) is 11.5 Å². The van der Waals surface area contributed by atoms with Gasteiger partial charge in [0.15, 0.2) is 0 Å². The van der Waals surface area contributed by atoms with Crippen molar-refractivity contribution in [2.45, 2.75) is 26.3 Å². The third-order valence-corrected chi connectivity index (χ3v) is 5.52. The highest BCUT2D eigenvalue weighted by molar-refractivity contribution is 6.05. The quantitative estimate of drug-likeness (QED) is 0.720. The van der Waals surface area contributed by atoms with Gasteiger partial charge in [0.05, 0.1) is 6.20 Å². The van der Waals surface area contributed by atoms with Crippen LogP contribution in [-0.2, 0) is 6.54 Å². The van der Waals surface area contributed by atoms with Crippen molar-refractivity contribution in [1.82, 2.24) is 19.9 Å². The summed E-state index contributed by atoms with van der Waals surface area (Å²) in [4.78, 5) is 15.1. The Morgan fingerprint density at radius 1 is 1.21 bits per heavy atom. The summed E-state index contributed by atoms with van der Waals surface area (Å²) in [7, 11) is 2.17. The number of hydrogen-bond acceptors (Lipinski definition) is 4. The number of nitrogens with one attached hydrogen (secondary N) is 1. The van der Waals surface area contributed by atoms with Gasteiger partial charge in [0, 0.05) is 29.9 Å². The molecule has 0 bridgehead atoms. The molecule has 4 rings (SSSR count). The molecule has 2 heterocycles. The molecule has 150 valence electrons. The van der Waals surface area contributed by atoms with Crippen LogP contribution < -0.4 is 5.32 Å². The summed E-state index contributed by atoms with van der Waals surface area (Å²) in [6.07, 6.45) is 4.45. The lowest BCUT2D eigenvalue weighted by molar-refractivity contribution is 0.102. The third-order valence-electron chi connectivity index (χ3n) is 5.52. The zero-order valence-corrected chi connectivity index (χ0v) is 17.0. The van der Waals surface area contributed by atoms with E-state index < -0.39 is 0 Å². The molecule has 1 unspecified atom stereocenters. The molecule has 1 atom stereocenters. The first kappa shape index (κ1) is 19.3. The number of piperidine rings is 1. The average molecular weight is 390 g/mol. The van der Waals surface area contributed by atoms with Crippen LogP contribution >= 0.6 is 0 Å². The predicted octanol–water partition coefficient (Wildman–Crippen LogP) is 3.85. The molecule has 1 fully saturated rings. The lowest BCUT2D eigenvalue weighted by Gasteiger charge is -2.29. The number of likely N-dealkylation sites (tertiary alicyclic amines) is 1. The highest BCUT2D eigenvalue weighted by Gasteiger charge is 2.19. The van der Waals surface area contributed by atoms with Gasteiger partial charge in [0.2, 0.25) is 0 Å². The Balaban J connectivity index is 1.50. The first-order chi connectivity index (χ1) is 14.1. The molecular weight excluding hydrogens is 362 g/mol. The van der Waals surface area contributed by atoms with Crippen LogP contribution in [0.3, 0.4) is 0 Å². The van der Waals surface area contributed by atoms with Crippen molar-refractivity contribution in [1.29, 1.82) is 0 Å². The number of anilines is 1. The Kier molecular flexibility index (Phi) is 5.71. The van der Waals surface area contributed by atoms with Crippen LogP contribution in [0.2, 0.25) is 0 Å². The number of carbonyl (C=O) groups excluding carboxylic acids is 1. The van der Waals surface area contributed by atoms with Crippen LogP contribution in [0.4, 0.5) is 5.69 Å². The third kappa shape index (κ3) is 4.71. The molecule has 2 aromatic carbocycles. The summed E-state index contributed by atoms with van der Waals surface area (Å²) < 4.78 is 1.93. The van der Waals surface area contributed by atoms with Crippen LogP contribution in [0.15, 0.2) is 54.7 Å². The normalized spacial score (nSPS) is 17.2. The number of para-hydroxylation sites is 1. The smallest absolute Gasteiger partial charge is 0.255 e. The lowest BCUT2D eigenvalue weighted by Crippen LogP contribution is -2.34. The highest BCUT2D eigenvalue weighted by Crippen LogP contribution is 2.23. The van der Waals surface area contributed by atoms with Crippen molar-refractivity contribution in [2.24, 2.45) is 5.92 Å². The van der Waals surface area contributed by atoms with Gasteiger partial charge in [0.1, 0.15) is 5.69 Å². The number of carbonyl (C=O) groups is 1. The Labute approximate surface area is 171 Å². The molecule has 1 aliphatic heterocycles. The number of benzene rings is 2. The standard InChI is InChI=1S/C23H27N5O/c1-17-10-11-19(13-21(17)23(29)24-20-8-4-3-5-9-20)22-16-28(26-25-22)15-18-7-6-12-27(2)14-18/h3-5,8-11,13,16,18H,6-7,12,14-15H2,1-2H3,(H,24,29). The maximum Gasteiger partial charge on any atom is 0.255 e. The second-order valence-electron chi connectivity index (χ2n) is 7.95. The fourth-order valence-corrected chi connectivity index (χ4v) is 3.95. The van der Waals surface area contributed by atoms with Gasteiger partial charge in [0.25, 0.3) is 5.91 Å². The van der Waals surface area contributed by atoms with E-state index in [1.165, 1.54) is 19.4 Å². The first-order valence-electron chi connectivity index (χ1n) is 10.1. The van der Waals surface area contributed by atoms with Gasteiger partial charge < -0.3 is 10.2 Å². The summed E-state index contributed by atoms with van der Waals surface area (Å²) >= 11 is 0. The summed E-state index contributed by atoms with van der Waals surface area (Å²) in [5.41, 5.74) is 4.06. The Hall–Kier alpha value is -2.99. The molecule has 1 aromatic heterocycles. The van der Waals surface area contributed by atoms with Crippen LogP contribution in [-0.4, -0.2) is 45.9 Å². The van der Waals surface area contributed by atoms with E-state index in [-0.39, 0.29) is 5.91 Å². The number of hydrogen-bond donors (Lipinski definition) is 1. The van der Waals surface area contributed by atoms with Crippen LogP contribution in [0.5, 0.6) is 0 Å². The predicted molar refractivity (Wildman–Crippen MR) is 115 cm³/mol. The van der Waals surface area contributed by atoms with Crippen molar-refractivity contribution >= 4 is 11.6 Å². The van der Waals surface area contributed by atoms with Crippen LogP contribution in [0.25, 0.3) is 11.3 Å². The minimum atomic E-state index is -0.117. The molecule has 6 nitrogen and oxygen atoms in total. The molecule has 1 amide bonds. The molecule has 3 aromatic rings. The summed E-state index contributed by atoms with van der Waals surface area (Å²) in [5, 5.41) is 11.6. The minimum absolute atomic E-state index is 0.117.